The van der Waals surface area contributed by atoms with Crippen LogP contribution in [0.5, 0.6) is 0 Å². The monoisotopic (exact) mass is 248 g/mol. The fourth-order valence-electron chi connectivity index (χ4n) is 2.66. The number of hydrogen-bond donors (Lipinski definition) is 1. The molecule has 0 aliphatic carbocycles. The van der Waals surface area contributed by atoms with E-state index >= 15 is 0 Å². The Morgan fingerprint density at radius 3 is 2.94 bits per heavy atom. The second kappa shape index (κ2) is 6.69. The number of nitrogens with zero attached hydrogens (tertiary/aromatic N) is 3. The van der Waals surface area contributed by atoms with Gasteiger partial charge in [-0.3, -0.25) is 0 Å². The number of anilines is 1. The zero-order valence-corrected chi connectivity index (χ0v) is 11.3. The summed E-state index contributed by atoms with van der Waals surface area (Å²) in [6.45, 7) is 5.14. The van der Waals surface area contributed by atoms with Crippen molar-refractivity contribution < 1.29 is 0 Å². The predicted molar refractivity (Wildman–Crippen MR) is 74.6 cm³/mol. The second-order valence-corrected chi connectivity index (χ2v) is 5.16. The molecule has 1 aliphatic rings. The van der Waals surface area contributed by atoms with Gasteiger partial charge in [0.1, 0.15) is 0 Å². The van der Waals surface area contributed by atoms with Gasteiger partial charge in [0.25, 0.3) is 0 Å². The third kappa shape index (κ3) is 3.42. The molecule has 2 N–H and O–H groups in total. The maximum Gasteiger partial charge on any atom is 0.151 e. The van der Waals surface area contributed by atoms with Crippen molar-refractivity contribution in [3.05, 3.63) is 17.8 Å². The molecule has 4 nitrogen and oxygen atoms in total. The Morgan fingerprint density at radius 1 is 1.39 bits per heavy atom. The van der Waals surface area contributed by atoms with Crippen molar-refractivity contribution in [2.24, 2.45) is 11.7 Å². The van der Waals surface area contributed by atoms with Crippen LogP contribution in [-0.2, 0) is 6.42 Å². The molecule has 1 aromatic rings. The van der Waals surface area contributed by atoms with Crippen LogP contribution >= 0.6 is 0 Å². The minimum atomic E-state index is 0.723. The number of nitrogens with two attached hydrogens (primary N) is 1. The predicted octanol–water partition coefficient (Wildman–Crippen LogP) is 1.99. The van der Waals surface area contributed by atoms with E-state index in [0.29, 0.717) is 0 Å². The summed E-state index contributed by atoms with van der Waals surface area (Å²) >= 11 is 0. The molecule has 1 fully saturated rings. The van der Waals surface area contributed by atoms with Crippen LogP contribution in [0.15, 0.2) is 12.1 Å². The first kappa shape index (κ1) is 13.3. The van der Waals surface area contributed by atoms with Crippen LogP contribution in [0, 0.1) is 5.92 Å². The standard InChI is InChI=1S/C14H24N4/c1-2-4-13-6-7-14(17-16-13)18-10-3-5-12(11-18)8-9-15/h6-7,12H,2-5,8-11,15H2,1H3. The van der Waals surface area contributed by atoms with E-state index in [4.69, 9.17) is 5.73 Å². The van der Waals surface area contributed by atoms with E-state index in [1.54, 1.807) is 0 Å². The zero-order valence-electron chi connectivity index (χ0n) is 11.3. The van der Waals surface area contributed by atoms with Gasteiger partial charge >= 0.3 is 0 Å². The quantitative estimate of drug-likeness (QED) is 0.866. The SMILES string of the molecule is CCCc1ccc(N2CCCC(CCN)C2)nn1. The van der Waals surface area contributed by atoms with Gasteiger partial charge in [0.2, 0.25) is 0 Å². The summed E-state index contributed by atoms with van der Waals surface area (Å²) in [6, 6.07) is 4.22. The van der Waals surface area contributed by atoms with E-state index in [1.807, 2.05) is 0 Å². The molecule has 0 radical (unpaired) electrons. The van der Waals surface area contributed by atoms with Crippen LogP contribution in [0.3, 0.4) is 0 Å². The molecule has 0 aromatic carbocycles. The maximum atomic E-state index is 5.65. The fourth-order valence-corrected chi connectivity index (χ4v) is 2.66. The highest BCUT2D eigenvalue weighted by atomic mass is 15.3. The molecule has 2 heterocycles. The van der Waals surface area contributed by atoms with Gasteiger partial charge in [0, 0.05) is 13.1 Å². The lowest BCUT2D eigenvalue weighted by Gasteiger charge is -2.33. The molecule has 2 rings (SSSR count). The second-order valence-electron chi connectivity index (χ2n) is 5.16. The van der Waals surface area contributed by atoms with Crippen molar-refractivity contribution in [3.8, 4) is 0 Å². The maximum absolute atomic E-state index is 5.65. The molecule has 1 unspecified atom stereocenters. The molecule has 1 aromatic heterocycles. The zero-order chi connectivity index (χ0) is 12.8. The summed E-state index contributed by atoms with van der Waals surface area (Å²) in [5.74, 6) is 1.75. The largest absolute Gasteiger partial charge is 0.355 e. The van der Waals surface area contributed by atoms with Crippen molar-refractivity contribution in [2.75, 3.05) is 24.5 Å². The minimum absolute atomic E-state index is 0.723. The molecule has 18 heavy (non-hydrogen) atoms. The van der Waals surface area contributed by atoms with Crippen molar-refractivity contribution >= 4 is 5.82 Å². The van der Waals surface area contributed by atoms with Crippen LogP contribution in [-0.4, -0.2) is 29.8 Å². The highest BCUT2D eigenvalue weighted by Gasteiger charge is 2.20. The van der Waals surface area contributed by atoms with Crippen molar-refractivity contribution in [3.63, 3.8) is 0 Å². The van der Waals surface area contributed by atoms with E-state index < -0.39 is 0 Å². The highest BCUT2D eigenvalue weighted by Crippen LogP contribution is 2.22. The third-order valence-electron chi connectivity index (χ3n) is 3.63. The van der Waals surface area contributed by atoms with Gasteiger partial charge in [-0.05, 0) is 50.3 Å². The normalized spacial score (nSPS) is 20.1. The van der Waals surface area contributed by atoms with Crippen LogP contribution < -0.4 is 10.6 Å². The van der Waals surface area contributed by atoms with Gasteiger partial charge in [-0.25, -0.2) is 0 Å². The lowest BCUT2D eigenvalue weighted by Crippen LogP contribution is -2.36. The Bertz CT molecular complexity index is 347. The van der Waals surface area contributed by atoms with E-state index in [2.05, 4.69) is 34.2 Å². The van der Waals surface area contributed by atoms with Crippen molar-refractivity contribution in [1.29, 1.82) is 0 Å². The van der Waals surface area contributed by atoms with Crippen molar-refractivity contribution in [2.45, 2.75) is 39.0 Å². The Morgan fingerprint density at radius 2 is 2.28 bits per heavy atom. The van der Waals surface area contributed by atoms with Crippen LogP contribution in [0.25, 0.3) is 0 Å². The molecule has 1 aliphatic heterocycles. The number of rotatable bonds is 5. The van der Waals surface area contributed by atoms with Crippen LogP contribution in [0.1, 0.15) is 38.3 Å². The molecule has 1 atom stereocenters. The van der Waals surface area contributed by atoms with Gasteiger partial charge in [0.05, 0.1) is 5.69 Å². The van der Waals surface area contributed by atoms with Gasteiger partial charge < -0.3 is 10.6 Å². The fraction of sp³-hybridized carbons (Fsp3) is 0.714. The Hall–Kier alpha value is -1.16. The van der Waals surface area contributed by atoms with Gasteiger partial charge in [-0.2, -0.15) is 5.10 Å². The first-order valence-electron chi connectivity index (χ1n) is 7.11. The first-order valence-corrected chi connectivity index (χ1v) is 7.11. The molecule has 4 heteroatoms. The number of aromatic nitrogens is 2. The molecule has 0 amide bonds. The van der Waals surface area contributed by atoms with Crippen molar-refractivity contribution in [1.82, 2.24) is 10.2 Å². The lowest BCUT2D eigenvalue weighted by atomic mass is 9.95. The number of aryl methyl sites for hydroxylation is 1. The smallest absolute Gasteiger partial charge is 0.151 e. The minimum Gasteiger partial charge on any atom is -0.355 e. The summed E-state index contributed by atoms with van der Waals surface area (Å²) < 4.78 is 0. The average molecular weight is 248 g/mol. The summed E-state index contributed by atoms with van der Waals surface area (Å²) in [7, 11) is 0. The molecule has 100 valence electrons. The topological polar surface area (TPSA) is 55.0 Å². The summed E-state index contributed by atoms with van der Waals surface area (Å²) in [4.78, 5) is 2.35. The number of piperidine rings is 1. The third-order valence-corrected chi connectivity index (χ3v) is 3.63. The molecule has 1 saturated heterocycles. The van der Waals surface area contributed by atoms with Gasteiger partial charge in [-0.1, -0.05) is 13.3 Å². The lowest BCUT2D eigenvalue weighted by molar-refractivity contribution is 0.394. The van der Waals surface area contributed by atoms with Gasteiger partial charge in [-0.15, -0.1) is 5.10 Å². The molecule has 0 spiro atoms. The van der Waals surface area contributed by atoms with E-state index in [0.717, 1.165) is 56.3 Å². The van der Waals surface area contributed by atoms with Gasteiger partial charge in [0.15, 0.2) is 5.82 Å². The average Bonchev–Trinajstić information content (AvgIpc) is 2.41. The Balaban J connectivity index is 1.97. The summed E-state index contributed by atoms with van der Waals surface area (Å²) in [6.07, 6.45) is 5.80. The number of hydrogen-bond acceptors (Lipinski definition) is 4. The van der Waals surface area contributed by atoms with E-state index in [1.165, 1.54) is 12.8 Å². The molecule has 0 bridgehead atoms. The highest BCUT2D eigenvalue weighted by molar-refractivity contribution is 5.37. The van der Waals surface area contributed by atoms with E-state index in [9.17, 15) is 0 Å². The molecular weight excluding hydrogens is 224 g/mol. The van der Waals surface area contributed by atoms with E-state index in [-0.39, 0.29) is 0 Å². The Labute approximate surface area is 110 Å². The summed E-state index contributed by atoms with van der Waals surface area (Å²) in [5, 5.41) is 8.66. The first-order chi connectivity index (χ1) is 8.83. The summed E-state index contributed by atoms with van der Waals surface area (Å²) in [5.41, 5.74) is 6.74. The molecular formula is C14H24N4. The Kier molecular flexibility index (Phi) is 4.93. The molecule has 0 saturated carbocycles. The van der Waals surface area contributed by atoms with Crippen LogP contribution in [0.4, 0.5) is 5.82 Å². The van der Waals surface area contributed by atoms with Crippen LogP contribution in [0.2, 0.25) is 0 Å².